The fourth-order valence-electron chi connectivity index (χ4n) is 8.11. The zero-order chi connectivity index (χ0) is 33.8. The lowest BCUT2D eigenvalue weighted by Crippen LogP contribution is -2.46. The molecule has 2 aliphatic heterocycles. The number of benzene rings is 3. The number of ether oxygens (including phenoxy) is 2. The SMILES string of the molecule is C[C@H]1[C@@H](CN2CC3(C)CC2CC(C)(C)C3)O[C@@H](c2cccc(NC(=O)c3c(F)c(F)c(F)c(F)c3F)c2)O[C@H]1c1ccc(CO)cc1. The van der Waals surface area contributed by atoms with Gasteiger partial charge in [-0.25, -0.2) is 22.0 Å². The normalized spacial score (nSPS) is 28.8. The van der Waals surface area contributed by atoms with Gasteiger partial charge >= 0.3 is 0 Å². The molecule has 0 spiro atoms. The van der Waals surface area contributed by atoms with E-state index in [1.54, 1.807) is 12.1 Å². The summed E-state index contributed by atoms with van der Waals surface area (Å²) in [4.78, 5) is 15.3. The van der Waals surface area contributed by atoms with Crippen molar-refractivity contribution in [1.29, 1.82) is 0 Å². The van der Waals surface area contributed by atoms with Crippen LogP contribution in [-0.2, 0) is 16.1 Å². The standard InChI is InChI=1S/C36H39F5N2O4/c1-19-25(15-43-18-36(4)14-24(43)13-35(2,3)17-36)46-34(47-32(19)21-10-8-20(16-44)9-11-21)22-6-5-7-23(12-22)42-33(45)26-27(37)29(39)31(41)30(40)28(26)38/h5-12,19,24-25,32,34,44H,13-18H2,1-4H3,(H,42,45)/t19-,24?,25+,32+,34+,36?/m0/s1. The minimum atomic E-state index is -2.34. The topological polar surface area (TPSA) is 71.0 Å². The highest BCUT2D eigenvalue weighted by Crippen LogP contribution is 2.53. The largest absolute Gasteiger partial charge is 0.392 e. The van der Waals surface area contributed by atoms with E-state index in [0.29, 0.717) is 18.2 Å². The highest BCUT2D eigenvalue weighted by Gasteiger charge is 2.51. The number of fused-ring (bicyclic) bond motifs is 2. The minimum absolute atomic E-state index is 0.0474. The third-order valence-corrected chi connectivity index (χ3v) is 9.91. The fourth-order valence-corrected chi connectivity index (χ4v) is 8.11. The Balaban J connectivity index is 1.28. The van der Waals surface area contributed by atoms with Crippen LogP contribution in [0.25, 0.3) is 0 Å². The van der Waals surface area contributed by atoms with Crippen LogP contribution in [0.15, 0.2) is 48.5 Å². The average molecular weight is 659 g/mol. The number of aliphatic hydroxyl groups is 1. The number of carbonyl (C=O) groups excluding carboxylic acids is 1. The van der Waals surface area contributed by atoms with Crippen LogP contribution in [0.4, 0.5) is 27.6 Å². The molecular formula is C36H39F5N2O4. The van der Waals surface area contributed by atoms with E-state index in [9.17, 15) is 31.9 Å². The van der Waals surface area contributed by atoms with Crippen LogP contribution in [0, 0.1) is 45.8 Å². The number of rotatable bonds is 7. The molecule has 252 valence electrons. The van der Waals surface area contributed by atoms with E-state index in [0.717, 1.165) is 36.9 Å². The van der Waals surface area contributed by atoms with Gasteiger partial charge in [-0.05, 0) is 53.4 Å². The monoisotopic (exact) mass is 658 g/mol. The fraction of sp³-hybridized carbons (Fsp3) is 0.472. The number of amides is 1. The van der Waals surface area contributed by atoms with Gasteiger partial charge in [0.15, 0.2) is 29.6 Å². The molecule has 2 unspecified atom stereocenters. The third kappa shape index (κ3) is 6.55. The number of carbonyl (C=O) groups is 1. The van der Waals surface area contributed by atoms with Crippen LogP contribution in [0.3, 0.4) is 0 Å². The molecule has 3 aliphatic rings. The van der Waals surface area contributed by atoms with Gasteiger partial charge < -0.3 is 19.9 Å². The number of nitrogens with one attached hydrogen (secondary N) is 1. The predicted octanol–water partition coefficient (Wildman–Crippen LogP) is 7.82. The van der Waals surface area contributed by atoms with E-state index in [1.165, 1.54) is 12.1 Å². The summed E-state index contributed by atoms with van der Waals surface area (Å²) in [5, 5.41) is 11.8. The molecule has 1 amide bonds. The summed E-state index contributed by atoms with van der Waals surface area (Å²) in [6.07, 6.45) is 1.83. The van der Waals surface area contributed by atoms with E-state index in [-0.39, 0.29) is 35.1 Å². The van der Waals surface area contributed by atoms with E-state index >= 15 is 0 Å². The van der Waals surface area contributed by atoms with Gasteiger partial charge in [0.05, 0.1) is 18.8 Å². The van der Waals surface area contributed by atoms with Crippen molar-refractivity contribution in [2.75, 3.05) is 18.4 Å². The molecule has 2 saturated heterocycles. The summed E-state index contributed by atoms with van der Waals surface area (Å²) in [6, 6.07) is 14.1. The first kappa shape index (κ1) is 33.5. The molecule has 2 N–H and O–H groups in total. The van der Waals surface area contributed by atoms with Crippen LogP contribution >= 0.6 is 0 Å². The Labute approximate surface area is 270 Å². The number of nitrogens with zero attached hydrogens (tertiary/aromatic N) is 1. The van der Waals surface area contributed by atoms with E-state index in [1.807, 2.05) is 24.3 Å². The highest BCUT2D eigenvalue weighted by molar-refractivity contribution is 6.04. The zero-order valence-corrected chi connectivity index (χ0v) is 26.8. The van der Waals surface area contributed by atoms with Gasteiger partial charge in [-0.1, -0.05) is 64.1 Å². The molecule has 3 aromatic rings. The van der Waals surface area contributed by atoms with Crippen molar-refractivity contribution in [2.45, 2.75) is 78.1 Å². The van der Waals surface area contributed by atoms with Crippen molar-refractivity contribution in [3.63, 3.8) is 0 Å². The van der Waals surface area contributed by atoms with Crippen LogP contribution in [0.1, 0.15) is 86.4 Å². The van der Waals surface area contributed by atoms with Crippen molar-refractivity contribution in [3.05, 3.63) is 99.9 Å². The lowest BCUT2D eigenvalue weighted by atomic mass is 9.65. The summed E-state index contributed by atoms with van der Waals surface area (Å²) in [6.45, 7) is 10.6. The number of halogens is 5. The molecule has 3 fully saturated rings. The van der Waals surface area contributed by atoms with Crippen LogP contribution < -0.4 is 5.32 Å². The second kappa shape index (κ2) is 12.6. The Morgan fingerprint density at radius 3 is 2.23 bits per heavy atom. The number of hydrogen-bond acceptors (Lipinski definition) is 5. The molecule has 0 radical (unpaired) electrons. The highest BCUT2D eigenvalue weighted by atomic mass is 19.2. The first-order chi connectivity index (χ1) is 22.2. The number of aliphatic hydroxyl groups excluding tert-OH is 1. The van der Waals surface area contributed by atoms with Crippen LogP contribution in [-0.4, -0.2) is 41.1 Å². The summed E-state index contributed by atoms with van der Waals surface area (Å²) in [5.74, 6) is -12.7. The molecular weight excluding hydrogens is 619 g/mol. The van der Waals surface area contributed by atoms with Crippen molar-refractivity contribution in [2.24, 2.45) is 16.7 Å². The Kier molecular flexibility index (Phi) is 8.97. The molecule has 47 heavy (non-hydrogen) atoms. The summed E-state index contributed by atoms with van der Waals surface area (Å²) < 4.78 is 82.9. The van der Waals surface area contributed by atoms with Crippen molar-refractivity contribution >= 4 is 11.6 Å². The zero-order valence-electron chi connectivity index (χ0n) is 26.8. The maximum absolute atomic E-state index is 14.3. The van der Waals surface area contributed by atoms with Gasteiger partial charge in [0.1, 0.15) is 5.56 Å². The predicted molar refractivity (Wildman–Crippen MR) is 165 cm³/mol. The molecule has 6 nitrogen and oxygen atoms in total. The lowest BCUT2D eigenvalue weighted by Gasteiger charge is -2.43. The molecule has 1 aliphatic carbocycles. The quantitative estimate of drug-likeness (QED) is 0.154. The molecule has 1 saturated carbocycles. The Morgan fingerprint density at radius 1 is 0.915 bits per heavy atom. The average Bonchev–Trinajstić information content (AvgIpc) is 3.27. The smallest absolute Gasteiger partial charge is 0.261 e. The Morgan fingerprint density at radius 2 is 1.57 bits per heavy atom. The first-order valence-electron chi connectivity index (χ1n) is 15.9. The summed E-state index contributed by atoms with van der Waals surface area (Å²) in [7, 11) is 0. The van der Waals surface area contributed by atoms with Gasteiger partial charge in [0.2, 0.25) is 5.82 Å². The van der Waals surface area contributed by atoms with E-state index in [4.69, 9.17) is 9.47 Å². The first-order valence-corrected chi connectivity index (χ1v) is 15.9. The summed E-state index contributed by atoms with van der Waals surface area (Å²) >= 11 is 0. The van der Waals surface area contributed by atoms with Crippen LogP contribution in [0.2, 0.25) is 0 Å². The number of anilines is 1. The molecule has 2 heterocycles. The number of likely N-dealkylation sites (tertiary alicyclic amines) is 1. The molecule has 3 aromatic carbocycles. The Hall–Kier alpha value is -3.38. The van der Waals surface area contributed by atoms with Crippen molar-refractivity contribution < 1.29 is 41.3 Å². The molecule has 2 bridgehead atoms. The third-order valence-electron chi connectivity index (χ3n) is 9.91. The van der Waals surface area contributed by atoms with Gasteiger partial charge in [-0.3, -0.25) is 9.69 Å². The second-order valence-corrected chi connectivity index (χ2v) is 14.5. The number of hydrogen-bond donors (Lipinski definition) is 2. The van der Waals surface area contributed by atoms with Gasteiger partial charge in [-0.2, -0.15) is 0 Å². The second-order valence-electron chi connectivity index (χ2n) is 14.5. The maximum atomic E-state index is 14.3. The van der Waals surface area contributed by atoms with E-state index < -0.39 is 53.0 Å². The van der Waals surface area contributed by atoms with Crippen molar-refractivity contribution in [1.82, 2.24) is 4.90 Å². The van der Waals surface area contributed by atoms with Gasteiger partial charge in [0, 0.05) is 36.3 Å². The van der Waals surface area contributed by atoms with Crippen molar-refractivity contribution in [3.8, 4) is 0 Å². The summed E-state index contributed by atoms with van der Waals surface area (Å²) in [5.41, 5.74) is 1.09. The van der Waals surface area contributed by atoms with Gasteiger partial charge in [-0.15, -0.1) is 0 Å². The van der Waals surface area contributed by atoms with E-state index in [2.05, 4.69) is 37.9 Å². The van der Waals surface area contributed by atoms with Gasteiger partial charge in [0.25, 0.3) is 5.91 Å². The Bertz CT molecular complexity index is 1640. The lowest BCUT2D eigenvalue weighted by molar-refractivity contribution is -0.276. The molecule has 11 heteroatoms. The molecule has 6 atom stereocenters. The molecule has 0 aromatic heterocycles. The maximum Gasteiger partial charge on any atom is 0.261 e. The van der Waals surface area contributed by atoms with Crippen LogP contribution in [0.5, 0.6) is 0 Å². The minimum Gasteiger partial charge on any atom is -0.392 e. The molecule has 6 rings (SSSR count).